The monoisotopic (exact) mass is 265 g/mol. The van der Waals surface area contributed by atoms with Gasteiger partial charge in [-0.1, -0.05) is 0 Å². The standard InChI is InChI=1S/C13H12FNO2S/c14-9-1-2-12-10(7-9)13(16)11(8-18-12)15-3-5-17-6-4-15/h1-2,7-8H,3-6H2. The van der Waals surface area contributed by atoms with Gasteiger partial charge in [0.05, 0.1) is 18.9 Å². The molecule has 0 atom stereocenters. The van der Waals surface area contributed by atoms with Gasteiger partial charge in [-0.25, -0.2) is 4.39 Å². The summed E-state index contributed by atoms with van der Waals surface area (Å²) in [5.74, 6) is -0.370. The average Bonchev–Trinajstić information content (AvgIpc) is 2.41. The van der Waals surface area contributed by atoms with E-state index in [1.165, 1.54) is 23.5 Å². The number of fused-ring (bicyclic) bond motifs is 1. The molecule has 0 bridgehead atoms. The van der Waals surface area contributed by atoms with E-state index in [2.05, 4.69) is 0 Å². The van der Waals surface area contributed by atoms with Crippen molar-refractivity contribution in [3.8, 4) is 0 Å². The quantitative estimate of drug-likeness (QED) is 0.792. The molecule has 0 saturated carbocycles. The van der Waals surface area contributed by atoms with Gasteiger partial charge in [0.25, 0.3) is 0 Å². The number of halogens is 1. The number of hydrogen-bond donors (Lipinski definition) is 0. The third kappa shape index (κ3) is 2.00. The lowest BCUT2D eigenvalue weighted by molar-refractivity contribution is 0.122. The summed E-state index contributed by atoms with van der Waals surface area (Å²) in [5, 5.41) is 2.32. The fourth-order valence-corrected chi connectivity index (χ4v) is 3.04. The van der Waals surface area contributed by atoms with E-state index in [9.17, 15) is 9.18 Å². The fourth-order valence-electron chi connectivity index (χ4n) is 2.12. The van der Waals surface area contributed by atoms with E-state index in [0.717, 1.165) is 4.70 Å². The Morgan fingerprint density at radius 3 is 2.83 bits per heavy atom. The molecule has 1 saturated heterocycles. The highest BCUT2D eigenvalue weighted by Crippen LogP contribution is 2.22. The number of hydrogen-bond acceptors (Lipinski definition) is 4. The second kappa shape index (κ2) is 4.66. The van der Waals surface area contributed by atoms with E-state index in [0.29, 0.717) is 37.4 Å². The maximum atomic E-state index is 13.2. The Labute approximate surface area is 107 Å². The average molecular weight is 265 g/mol. The first kappa shape index (κ1) is 11.6. The van der Waals surface area contributed by atoms with Crippen molar-refractivity contribution in [1.82, 2.24) is 0 Å². The molecule has 0 aliphatic carbocycles. The van der Waals surface area contributed by atoms with Crippen LogP contribution < -0.4 is 10.3 Å². The first-order valence-corrected chi connectivity index (χ1v) is 6.67. The van der Waals surface area contributed by atoms with Crippen LogP contribution in [0.15, 0.2) is 28.4 Å². The molecule has 0 radical (unpaired) electrons. The fraction of sp³-hybridized carbons (Fsp3) is 0.308. The lowest BCUT2D eigenvalue weighted by Crippen LogP contribution is -2.38. The zero-order chi connectivity index (χ0) is 12.5. The Balaban J connectivity index is 2.13. The van der Waals surface area contributed by atoms with Crippen LogP contribution in [-0.4, -0.2) is 26.3 Å². The number of rotatable bonds is 1. The Kier molecular flexibility index (Phi) is 3.01. The van der Waals surface area contributed by atoms with E-state index in [1.807, 2.05) is 10.3 Å². The van der Waals surface area contributed by atoms with Gasteiger partial charge < -0.3 is 9.64 Å². The second-order valence-corrected chi connectivity index (χ2v) is 5.10. The smallest absolute Gasteiger partial charge is 0.211 e. The number of anilines is 1. The van der Waals surface area contributed by atoms with Gasteiger partial charge in [0.15, 0.2) is 0 Å². The van der Waals surface area contributed by atoms with Crippen molar-refractivity contribution < 1.29 is 9.13 Å². The van der Waals surface area contributed by atoms with E-state index in [-0.39, 0.29) is 11.2 Å². The summed E-state index contributed by atoms with van der Waals surface area (Å²) in [6.45, 7) is 2.68. The van der Waals surface area contributed by atoms with Gasteiger partial charge in [-0.15, -0.1) is 11.3 Å². The lowest BCUT2D eigenvalue weighted by atomic mass is 10.2. The molecular weight excluding hydrogens is 253 g/mol. The highest BCUT2D eigenvalue weighted by atomic mass is 32.1. The molecule has 3 rings (SSSR count). The molecule has 0 N–H and O–H groups in total. The van der Waals surface area contributed by atoms with Crippen LogP contribution in [0.4, 0.5) is 10.1 Å². The minimum absolute atomic E-state index is 0.0925. The summed E-state index contributed by atoms with van der Waals surface area (Å²) in [5.41, 5.74) is 0.562. The topological polar surface area (TPSA) is 29.5 Å². The molecule has 0 unspecified atom stereocenters. The molecule has 1 aromatic carbocycles. The molecule has 1 aliphatic heterocycles. The molecule has 2 heterocycles. The van der Waals surface area contributed by atoms with Crippen LogP contribution in [0, 0.1) is 5.82 Å². The number of morpholine rings is 1. The third-order valence-corrected chi connectivity index (χ3v) is 4.02. The van der Waals surface area contributed by atoms with Crippen LogP contribution in [0.5, 0.6) is 0 Å². The minimum atomic E-state index is -0.370. The maximum absolute atomic E-state index is 13.2. The van der Waals surface area contributed by atoms with Gasteiger partial charge in [0.1, 0.15) is 5.82 Å². The summed E-state index contributed by atoms with van der Waals surface area (Å²) in [6, 6.07) is 4.35. The molecule has 1 fully saturated rings. The summed E-state index contributed by atoms with van der Waals surface area (Å²) in [7, 11) is 0. The Hall–Kier alpha value is -1.46. The first-order valence-electron chi connectivity index (χ1n) is 5.79. The highest BCUT2D eigenvalue weighted by Gasteiger charge is 2.15. The van der Waals surface area contributed by atoms with Crippen molar-refractivity contribution in [1.29, 1.82) is 0 Å². The van der Waals surface area contributed by atoms with E-state index in [1.54, 1.807) is 6.07 Å². The van der Waals surface area contributed by atoms with Crippen molar-refractivity contribution >= 4 is 27.1 Å². The van der Waals surface area contributed by atoms with Crippen LogP contribution >= 0.6 is 11.3 Å². The summed E-state index contributed by atoms with van der Waals surface area (Å²) in [6.07, 6.45) is 0. The summed E-state index contributed by atoms with van der Waals surface area (Å²) >= 11 is 1.47. The van der Waals surface area contributed by atoms with Crippen LogP contribution in [0.2, 0.25) is 0 Å². The Bertz CT molecular complexity index is 634. The van der Waals surface area contributed by atoms with E-state index < -0.39 is 0 Å². The molecule has 0 amide bonds. The molecule has 0 spiro atoms. The number of nitrogens with zero attached hydrogens (tertiary/aromatic N) is 1. The number of benzene rings is 1. The largest absolute Gasteiger partial charge is 0.378 e. The third-order valence-electron chi connectivity index (χ3n) is 3.07. The Morgan fingerprint density at radius 2 is 2.06 bits per heavy atom. The molecular formula is C13H12FNO2S. The van der Waals surface area contributed by atoms with E-state index in [4.69, 9.17) is 4.74 Å². The predicted molar refractivity (Wildman–Crippen MR) is 71.1 cm³/mol. The van der Waals surface area contributed by atoms with Gasteiger partial charge in [-0.3, -0.25) is 4.79 Å². The summed E-state index contributed by atoms with van der Waals surface area (Å²) in [4.78, 5) is 14.3. The molecule has 94 valence electrons. The number of ether oxygens (including phenoxy) is 1. The van der Waals surface area contributed by atoms with Crippen molar-refractivity contribution in [3.05, 3.63) is 39.6 Å². The minimum Gasteiger partial charge on any atom is -0.378 e. The first-order chi connectivity index (χ1) is 8.75. The van der Waals surface area contributed by atoms with E-state index >= 15 is 0 Å². The molecule has 1 aromatic heterocycles. The molecule has 2 aromatic rings. The van der Waals surface area contributed by atoms with Crippen molar-refractivity contribution in [2.24, 2.45) is 0 Å². The van der Waals surface area contributed by atoms with Gasteiger partial charge in [0.2, 0.25) is 5.43 Å². The lowest BCUT2D eigenvalue weighted by Gasteiger charge is -2.28. The van der Waals surface area contributed by atoms with Crippen LogP contribution in [0.1, 0.15) is 0 Å². The molecule has 1 aliphatic rings. The van der Waals surface area contributed by atoms with Crippen molar-refractivity contribution in [2.75, 3.05) is 31.2 Å². The van der Waals surface area contributed by atoms with Crippen LogP contribution in [0.25, 0.3) is 10.1 Å². The molecule has 18 heavy (non-hydrogen) atoms. The Morgan fingerprint density at radius 1 is 1.28 bits per heavy atom. The maximum Gasteiger partial charge on any atom is 0.211 e. The molecule has 5 heteroatoms. The summed E-state index contributed by atoms with van der Waals surface area (Å²) < 4.78 is 19.3. The zero-order valence-corrected chi connectivity index (χ0v) is 10.5. The van der Waals surface area contributed by atoms with Gasteiger partial charge in [0, 0.05) is 28.6 Å². The second-order valence-electron chi connectivity index (χ2n) is 4.19. The van der Waals surface area contributed by atoms with Gasteiger partial charge >= 0.3 is 0 Å². The van der Waals surface area contributed by atoms with Crippen molar-refractivity contribution in [3.63, 3.8) is 0 Å². The normalized spacial score (nSPS) is 16.2. The highest BCUT2D eigenvalue weighted by molar-refractivity contribution is 7.16. The van der Waals surface area contributed by atoms with Crippen LogP contribution in [-0.2, 0) is 4.74 Å². The molecule has 3 nitrogen and oxygen atoms in total. The van der Waals surface area contributed by atoms with Crippen LogP contribution in [0.3, 0.4) is 0 Å². The van der Waals surface area contributed by atoms with Gasteiger partial charge in [-0.2, -0.15) is 0 Å². The van der Waals surface area contributed by atoms with Crippen molar-refractivity contribution in [2.45, 2.75) is 0 Å². The SMILES string of the molecule is O=c1c(N2CCOCC2)csc2ccc(F)cc12. The zero-order valence-electron chi connectivity index (χ0n) is 9.69. The predicted octanol–water partition coefficient (Wildman–Crippen LogP) is 2.24. The van der Waals surface area contributed by atoms with Gasteiger partial charge in [-0.05, 0) is 18.2 Å².